The molecule has 0 atom stereocenters. The van der Waals surface area contributed by atoms with E-state index in [-0.39, 0.29) is 5.91 Å². The van der Waals surface area contributed by atoms with E-state index in [2.05, 4.69) is 25.9 Å². The van der Waals surface area contributed by atoms with E-state index < -0.39 is 0 Å². The van der Waals surface area contributed by atoms with Gasteiger partial charge in [-0.1, -0.05) is 0 Å². The Morgan fingerprint density at radius 2 is 1.79 bits per heavy atom. The van der Waals surface area contributed by atoms with Crippen LogP contribution in [0.15, 0.2) is 30.3 Å². The maximum Gasteiger partial charge on any atom is 0.221 e. The van der Waals surface area contributed by atoms with E-state index in [0.717, 1.165) is 30.2 Å². The van der Waals surface area contributed by atoms with Crippen molar-refractivity contribution < 1.29 is 9.53 Å². The summed E-state index contributed by atoms with van der Waals surface area (Å²) in [4.78, 5) is 19.8. The molecule has 0 radical (unpaired) electrons. The number of ether oxygens (including phenoxy) is 1. The van der Waals surface area contributed by atoms with Gasteiger partial charge in [-0.3, -0.25) is 4.79 Å². The van der Waals surface area contributed by atoms with Gasteiger partial charge in [-0.05, 0) is 37.6 Å². The molecule has 0 unspecified atom stereocenters. The van der Waals surface area contributed by atoms with Gasteiger partial charge in [-0.15, -0.1) is 0 Å². The maximum atomic E-state index is 11.0. The lowest BCUT2D eigenvalue weighted by Crippen LogP contribution is -2.08. The standard InChI is InChI=1S/C17H23N5O2/c1-12-19-16(18-9-4-10-24-3)11-17(20-12)22-15-7-5-14(6-8-15)21-13(2)23/h5-8,11H,4,9-10H2,1-3H3,(H,21,23)(H2,18,19,20,22). The molecule has 0 saturated carbocycles. The number of hydrogen-bond donors (Lipinski definition) is 3. The fraction of sp³-hybridized carbons (Fsp3) is 0.353. The van der Waals surface area contributed by atoms with Gasteiger partial charge in [-0.2, -0.15) is 0 Å². The predicted molar refractivity (Wildman–Crippen MR) is 95.8 cm³/mol. The number of carbonyl (C=O) groups is 1. The Bertz CT molecular complexity index is 673. The molecule has 0 aliphatic rings. The number of aromatic nitrogens is 2. The van der Waals surface area contributed by atoms with E-state index in [1.165, 1.54) is 6.92 Å². The number of benzene rings is 1. The average Bonchev–Trinajstić information content (AvgIpc) is 2.52. The normalized spacial score (nSPS) is 10.3. The fourth-order valence-corrected chi connectivity index (χ4v) is 2.14. The molecule has 0 aliphatic heterocycles. The predicted octanol–water partition coefficient (Wildman–Crippen LogP) is 2.94. The van der Waals surface area contributed by atoms with Crippen molar-refractivity contribution in [1.82, 2.24) is 9.97 Å². The van der Waals surface area contributed by atoms with E-state index in [1.54, 1.807) is 7.11 Å². The summed E-state index contributed by atoms with van der Waals surface area (Å²) >= 11 is 0. The minimum Gasteiger partial charge on any atom is -0.385 e. The Labute approximate surface area is 141 Å². The molecule has 0 saturated heterocycles. The van der Waals surface area contributed by atoms with Crippen molar-refractivity contribution in [3.8, 4) is 0 Å². The van der Waals surface area contributed by atoms with E-state index in [0.29, 0.717) is 18.2 Å². The van der Waals surface area contributed by atoms with Crippen LogP contribution in [-0.4, -0.2) is 36.1 Å². The van der Waals surface area contributed by atoms with Gasteiger partial charge in [0.2, 0.25) is 5.91 Å². The molecule has 1 aromatic carbocycles. The molecule has 0 spiro atoms. The number of carbonyl (C=O) groups excluding carboxylic acids is 1. The molecule has 1 heterocycles. The first-order valence-corrected chi connectivity index (χ1v) is 7.80. The van der Waals surface area contributed by atoms with Gasteiger partial charge in [0, 0.05) is 44.6 Å². The third-order valence-electron chi connectivity index (χ3n) is 3.15. The SMILES string of the molecule is COCCCNc1cc(Nc2ccc(NC(C)=O)cc2)nc(C)n1. The lowest BCUT2D eigenvalue weighted by Gasteiger charge is -2.11. The van der Waals surface area contributed by atoms with E-state index in [1.807, 2.05) is 37.3 Å². The molecular formula is C17H23N5O2. The van der Waals surface area contributed by atoms with Crippen molar-refractivity contribution >= 4 is 28.9 Å². The van der Waals surface area contributed by atoms with Crippen LogP contribution < -0.4 is 16.0 Å². The third-order valence-corrected chi connectivity index (χ3v) is 3.15. The van der Waals surface area contributed by atoms with Crippen LogP contribution in [0.2, 0.25) is 0 Å². The highest BCUT2D eigenvalue weighted by molar-refractivity contribution is 5.88. The van der Waals surface area contributed by atoms with Crippen molar-refractivity contribution in [3.05, 3.63) is 36.2 Å². The van der Waals surface area contributed by atoms with E-state index in [4.69, 9.17) is 4.74 Å². The molecule has 0 bridgehead atoms. The molecule has 0 fully saturated rings. The summed E-state index contributed by atoms with van der Waals surface area (Å²) in [6, 6.07) is 9.30. The Balaban J connectivity index is 2.00. The van der Waals surface area contributed by atoms with Crippen LogP contribution in [0.5, 0.6) is 0 Å². The molecule has 128 valence electrons. The van der Waals surface area contributed by atoms with Crippen LogP contribution >= 0.6 is 0 Å². The van der Waals surface area contributed by atoms with Crippen LogP contribution in [-0.2, 0) is 9.53 Å². The molecule has 1 aromatic heterocycles. The Hall–Kier alpha value is -2.67. The van der Waals surface area contributed by atoms with Crippen molar-refractivity contribution in [1.29, 1.82) is 0 Å². The summed E-state index contributed by atoms with van der Waals surface area (Å²) in [5.74, 6) is 2.08. The van der Waals surface area contributed by atoms with Crippen LogP contribution in [0.3, 0.4) is 0 Å². The van der Waals surface area contributed by atoms with E-state index >= 15 is 0 Å². The molecule has 1 amide bonds. The summed E-state index contributed by atoms with van der Waals surface area (Å²) in [7, 11) is 1.69. The summed E-state index contributed by atoms with van der Waals surface area (Å²) in [6.07, 6.45) is 0.910. The zero-order chi connectivity index (χ0) is 17.4. The molecular weight excluding hydrogens is 306 g/mol. The maximum absolute atomic E-state index is 11.0. The first-order chi connectivity index (χ1) is 11.6. The van der Waals surface area contributed by atoms with Gasteiger partial charge in [0.25, 0.3) is 0 Å². The molecule has 3 N–H and O–H groups in total. The lowest BCUT2D eigenvalue weighted by atomic mass is 10.2. The zero-order valence-corrected chi connectivity index (χ0v) is 14.2. The first kappa shape index (κ1) is 17.7. The van der Waals surface area contributed by atoms with Crippen molar-refractivity contribution in [3.63, 3.8) is 0 Å². The second-order valence-corrected chi connectivity index (χ2v) is 5.34. The summed E-state index contributed by atoms with van der Waals surface area (Å²) in [5, 5.41) is 9.23. The number of anilines is 4. The van der Waals surface area contributed by atoms with Gasteiger partial charge in [-0.25, -0.2) is 9.97 Å². The number of amides is 1. The highest BCUT2D eigenvalue weighted by Gasteiger charge is 2.03. The fourth-order valence-electron chi connectivity index (χ4n) is 2.14. The number of rotatable bonds is 8. The van der Waals surface area contributed by atoms with Crippen molar-refractivity contribution in [2.75, 3.05) is 36.2 Å². The highest BCUT2D eigenvalue weighted by atomic mass is 16.5. The molecule has 24 heavy (non-hydrogen) atoms. The Kier molecular flexibility index (Phi) is 6.51. The second kappa shape index (κ2) is 8.83. The Morgan fingerprint density at radius 3 is 2.46 bits per heavy atom. The van der Waals surface area contributed by atoms with Gasteiger partial charge in [0.15, 0.2) is 0 Å². The molecule has 7 nitrogen and oxygen atoms in total. The largest absolute Gasteiger partial charge is 0.385 e. The van der Waals surface area contributed by atoms with Crippen molar-refractivity contribution in [2.45, 2.75) is 20.3 Å². The van der Waals surface area contributed by atoms with Gasteiger partial charge >= 0.3 is 0 Å². The summed E-state index contributed by atoms with van der Waals surface area (Å²) in [6.45, 7) is 4.83. The van der Waals surface area contributed by atoms with Crippen LogP contribution in [0.4, 0.5) is 23.0 Å². The summed E-state index contributed by atoms with van der Waals surface area (Å²) in [5.41, 5.74) is 1.64. The van der Waals surface area contributed by atoms with E-state index in [9.17, 15) is 4.79 Å². The average molecular weight is 329 g/mol. The van der Waals surface area contributed by atoms with Gasteiger partial charge in [0.05, 0.1) is 0 Å². The topological polar surface area (TPSA) is 88.2 Å². The second-order valence-electron chi connectivity index (χ2n) is 5.34. The molecule has 0 aliphatic carbocycles. The Morgan fingerprint density at radius 1 is 1.12 bits per heavy atom. The molecule has 2 rings (SSSR count). The monoisotopic (exact) mass is 329 g/mol. The van der Waals surface area contributed by atoms with Gasteiger partial charge < -0.3 is 20.7 Å². The quantitative estimate of drug-likeness (QED) is 0.645. The lowest BCUT2D eigenvalue weighted by molar-refractivity contribution is -0.114. The highest BCUT2D eigenvalue weighted by Crippen LogP contribution is 2.19. The number of nitrogens with zero attached hydrogens (tertiary/aromatic N) is 2. The number of methoxy groups -OCH3 is 1. The summed E-state index contributed by atoms with van der Waals surface area (Å²) < 4.78 is 5.03. The number of nitrogens with one attached hydrogen (secondary N) is 3. The zero-order valence-electron chi connectivity index (χ0n) is 14.2. The molecule has 2 aromatic rings. The van der Waals surface area contributed by atoms with Crippen molar-refractivity contribution in [2.24, 2.45) is 0 Å². The van der Waals surface area contributed by atoms with Gasteiger partial charge in [0.1, 0.15) is 17.5 Å². The minimum absolute atomic E-state index is 0.0914. The molecule has 7 heteroatoms. The first-order valence-electron chi connectivity index (χ1n) is 7.80. The number of aryl methyl sites for hydroxylation is 1. The van der Waals surface area contributed by atoms with Crippen LogP contribution in [0.1, 0.15) is 19.2 Å². The number of hydrogen-bond acceptors (Lipinski definition) is 6. The smallest absolute Gasteiger partial charge is 0.221 e. The van der Waals surface area contributed by atoms with Crippen LogP contribution in [0, 0.1) is 6.92 Å². The minimum atomic E-state index is -0.0914. The third kappa shape index (κ3) is 5.85. The van der Waals surface area contributed by atoms with Crippen LogP contribution in [0.25, 0.3) is 0 Å².